The van der Waals surface area contributed by atoms with Crippen LogP contribution in [-0.2, 0) is 12.6 Å². The molecule has 0 saturated carbocycles. The van der Waals surface area contributed by atoms with Gasteiger partial charge in [-0.1, -0.05) is 18.2 Å². The molecule has 0 spiro atoms. The normalized spacial score (nSPS) is 16.1. The zero-order valence-corrected chi connectivity index (χ0v) is 17.1. The maximum atomic E-state index is 12.7. The van der Waals surface area contributed by atoms with Crippen LogP contribution < -0.4 is 10.1 Å². The van der Waals surface area contributed by atoms with Crippen LogP contribution in [0.4, 0.5) is 13.2 Å². The van der Waals surface area contributed by atoms with Crippen molar-refractivity contribution in [2.24, 2.45) is 4.99 Å². The predicted molar refractivity (Wildman–Crippen MR) is 108 cm³/mol. The first-order chi connectivity index (χ1) is 14.0. The summed E-state index contributed by atoms with van der Waals surface area (Å²) in [6.07, 6.45) is -2.04. The van der Waals surface area contributed by atoms with Crippen LogP contribution in [0.5, 0.6) is 5.75 Å². The second kappa shape index (κ2) is 9.96. The SMILES string of the molecule is CCNC(=NCCc1nc(C(F)(F)F)cs1)N1CCC(Oc2ccccc2)CC1. The lowest BCUT2D eigenvalue weighted by Gasteiger charge is -2.34. The number of para-hydroxylation sites is 1. The van der Waals surface area contributed by atoms with Gasteiger partial charge in [-0.3, -0.25) is 4.99 Å². The number of aromatic nitrogens is 1. The maximum absolute atomic E-state index is 12.7. The Morgan fingerprint density at radius 2 is 2.00 bits per heavy atom. The fourth-order valence-corrected chi connectivity index (χ4v) is 3.91. The van der Waals surface area contributed by atoms with E-state index in [1.165, 1.54) is 0 Å². The molecule has 1 aliphatic heterocycles. The lowest BCUT2D eigenvalue weighted by atomic mass is 10.1. The molecule has 2 aromatic rings. The smallest absolute Gasteiger partial charge is 0.434 e. The first-order valence-corrected chi connectivity index (χ1v) is 10.6. The third-order valence-electron chi connectivity index (χ3n) is 4.55. The van der Waals surface area contributed by atoms with E-state index in [1.54, 1.807) is 0 Å². The van der Waals surface area contributed by atoms with E-state index in [4.69, 9.17) is 4.74 Å². The van der Waals surface area contributed by atoms with Gasteiger partial charge in [-0.05, 0) is 19.1 Å². The molecule has 0 unspecified atom stereocenters. The van der Waals surface area contributed by atoms with Crippen LogP contribution in [0, 0.1) is 0 Å². The Labute approximate surface area is 172 Å². The van der Waals surface area contributed by atoms with E-state index in [-0.39, 0.29) is 6.10 Å². The van der Waals surface area contributed by atoms with Gasteiger partial charge >= 0.3 is 6.18 Å². The van der Waals surface area contributed by atoms with Gasteiger partial charge in [-0.25, -0.2) is 4.98 Å². The number of likely N-dealkylation sites (tertiary alicyclic amines) is 1. The lowest BCUT2D eigenvalue weighted by molar-refractivity contribution is -0.140. The molecular formula is C20H25F3N4OS. The van der Waals surface area contributed by atoms with E-state index in [1.807, 2.05) is 37.3 Å². The summed E-state index contributed by atoms with van der Waals surface area (Å²) in [6.45, 7) is 4.76. The number of hydrogen-bond acceptors (Lipinski definition) is 4. The highest BCUT2D eigenvalue weighted by Crippen LogP contribution is 2.30. The van der Waals surface area contributed by atoms with Gasteiger partial charge in [0.2, 0.25) is 0 Å². The van der Waals surface area contributed by atoms with Crippen LogP contribution in [0.2, 0.25) is 0 Å². The lowest BCUT2D eigenvalue weighted by Crippen LogP contribution is -2.47. The van der Waals surface area contributed by atoms with Gasteiger partial charge in [-0.2, -0.15) is 13.2 Å². The minimum atomic E-state index is -4.39. The van der Waals surface area contributed by atoms with E-state index < -0.39 is 11.9 Å². The minimum absolute atomic E-state index is 0.174. The van der Waals surface area contributed by atoms with Gasteiger partial charge in [0.25, 0.3) is 0 Å². The summed E-state index contributed by atoms with van der Waals surface area (Å²) in [7, 11) is 0. The summed E-state index contributed by atoms with van der Waals surface area (Å²) in [4.78, 5) is 10.4. The Hall–Kier alpha value is -2.29. The van der Waals surface area contributed by atoms with Crippen LogP contribution in [-0.4, -0.2) is 48.1 Å². The molecular weight excluding hydrogens is 401 g/mol. The predicted octanol–water partition coefficient (Wildman–Crippen LogP) is 4.21. The molecule has 1 aromatic heterocycles. The molecule has 158 valence electrons. The topological polar surface area (TPSA) is 49.8 Å². The summed E-state index contributed by atoms with van der Waals surface area (Å²) in [5, 5.41) is 4.78. The molecule has 1 N–H and O–H groups in total. The number of nitrogens with zero attached hydrogens (tertiary/aromatic N) is 3. The number of aliphatic imine (C=N–C) groups is 1. The van der Waals surface area contributed by atoms with Crippen LogP contribution >= 0.6 is 11.3 Å². The van der Waals surface area contributed by atoms with E-state index in [0.29, 0.717) is 18.0 Å². The van der Waals surface area contributed by atoms with Crippen molar-refractivity contribution in [1.82, 2.24) is 15.2 Å². The first kappa shape index (κ1) is 21.4. The summed E-state index contributed by atoms with van der Waals surface area (Å²) >= 11 is 1.03. The molecule has 3 rings (SSSR count). The number of benzene rings is 1. The quantitative estimate of drug-likeness (QED) is 0.555. The Balaban J connectivity index is 1.51. The highest BCUT2D eigenvalue weighted by molar-refractivity contribution is 7.09. The molecule has 0 amide bonds. The number of guanidine groups is 1. The molecule has 2 heterocycles. The van der Waals surface area contributed by atoms with Crippen molar-refractivity contribution < 1.29 is 17.9 Å². The zero-order chi connectivity index (χ0) is 20.7. The number of thiazole rings is 1. The molecule has 29 heavy (non-hydrogen) atoms. The van der Waals surface area contributed by atoms with Crippen molar-refractivity contribution >= 4 is 17.3 Å². The monoisotopic (exact) mass is 426 g/mol. The molecule has 5 nitrogen and oxygen atoms in total. The van der Waals surface area contributed by atoms with Crippen molar-refractivity contribution in [3.8, 4) is 5.75 Å². The van der Waals surface area contributed by atoms with Crippen molar-refractivity contribution in [2.75, 3.05) is 26.2 Å². The van der Waals surface area contributed by atoms with Crippen LogP contribution in [0.25, 0.3) is 0 Å². The molecule has 1 aromatic carbocycles. The van der Waals surface area contributed by atoms with Gasteiger partial charge in [0.15, 0.2) is 11.7 Å². The number of halogens is 3. The number of rotatable bonds is 6. The molecule has 1 fully saturated rings. The minimum Gasteiger partial charge on any atom is -0.490 e. The Morgan fingerprint density at radius 3 is 2.62 bits per heavy atom. The molecule has 0 aliphatic carbocycles. The molecule has 9 heteroatoms. The first-order valence-electron chi connectivity index (χ1n) is 9.72. The Bertz CT molecular complexity index is 787. The molecule has 0 radical (unpaired) electrons. The van der Waals surface area contributed by atoms with Gasteiger partial charge in [0.05, 0.1) is 5.01 Å². The van der Waals surface area contributed by atoms with E-state index in [9.17, 15) is 13.2 Å². The molecule has 1 aliphatic rings. The number of ether oxygens (including phenoxy) is 1. The van der Waals surface area contributed by atoms with Crippen molar-refractivity contribution in [3.05, 3.63) is 46.4 Å². The average molecular weight is 427 g/mol. The summed E-state index contributed by atoms with van der Waals surface area (Å²) < 4.78 is 44.0. The summed E-state index contributed by atoms with van der Waals surface area (Å²) in [5.41, 5.74) is -0.825. The van der Waals surface area contributed by atoms with Crippen LogP contribution in [0.1, 0.15) is 30.5 Å². The van der Waals surface area contributed by atoms with E-state index in [0.717, 1.165) is 60.9 Å². The second-order valence-corrected chi connectivity index (χ2v) is 7.67. The van der Waals surface area contributed by atoms with E-state index >= 15 is 0 Å². The Morgan fingerprint density at radius 1 is 1.28 bits per heavy atom. The largest absolute Gasteiger partial charge is 0.490 e. The fourth-order valence-electron chi connectivity index (χ4n) is 3.12. The van der Waals surface area contributed by atoms with Gasteiger partial charge in [-0.15, -0.1) is 11.3 Å². The maximum Gasteiger partial charge on any atom is 0.434 e. The Kier molecular flexibility index (Phi) is 7.35. The highest BCUT2D eigenvalue weighted by Gasteiger charge is 2.33. The van der Waals surface area contributed by atoms with Crippen molar-refractivity contribution in [3.63, 3.8) is 0 Å². The third-order valence-corrected chi connectivity index (χ3v) is 5.46. The molecule has 0 atom stereocenters. The third kappa shape index (κ3) is 6.35. The van der Waals surface area contributed by atoms with Crippen LogP contribution in [0.15, 0.2) is 40.7 Å². The number of hydrogen-bond donors (Lipinski definition) is 1. The second-order valence-electron chi connectivity index (χ2n) is 6.73. The number of piperidine rings is 1. The zero-order valence-electron chi connectivity index (χ0n) is 16.3. The highest BCUT2D eigenvalue weighted by atomic mass is 32.1. The standard InChI is InChI=1S/C20H25F3N4OS/c1-2-24-19(25-11-8-18-26-17(14-29-18)20(21,22)23)27-12-9-16(10-13-27)28-15-6-4-3-5-7-15/h3-7,14,16H,2,8-13H2,1H3,(H,24,25). The van der Waals surface area contributed by atoms with Gasteiger partial charge < -0.3 is 15.0 Å². The fraction of sp³-hybridized carbons (Fsp3) is 0.500. The summed E-state index contributed by atoms with van der Waals surface area (Å²) in [6, 6.07) is 9.80. The number of alkyl halides is 3. The summed E-state index contributed by atoms with van der Waals surface area (Å²) in [5.74, 6) is 1.67. The van der Waals surface area contributed by atoms with Crippen molar-refractivity contribution in [1.29, 1.82) is 0 Å². The van der Waals surface area contributed by atoms with Gasteiger partial charge in [0.1, 0.15) is 11.9 Å². The molecule has 1 saturated heterocycles. The number of nitrogens with one attached hydrogen (secondary N) is 1. The van der Waals surface area contributed by atoms with Crippen LogP contribution in [0.3, 0.4) is 0 Å². The van der Waals surface area contributed by atoms with E-state index in [2.05, 4.69) is 20.2 Å². The van der Waals surface area contributed by atoms with Gasteiger partial charge in [0, 0.05) is 50.8 Å². The van der Waals surface area contributed by atoms with Crippen molar-refractivity contribution in [2.45, 2.75) is 38.5 Å². The molecule has 0 bridgehead atoms. The average Bonchev–Trinajstić information content (AvgIpc) is 3.18.